The molecule has 4 nitrogen and oxygen atoms in total. The summed E-state index contributed by atoms with van der Waals surface area (Å²) < 4.78 is 5.74. The van der Waals surface area contributed by atoms with E-state index in [0.29, 0.717) is 24.9 Å². The van der Waals surface area contributed by atoms with E-state index in [1.807, 2.05) is 6.08 Å². The van der Waals surface area contributed by atoms with Gasteiger partial charge in [-0.3, -0.25) is 9.59 Å². The second-order valence-electron chi connectivity index (χ2n) is 11.6. The van der Waals surface area contributed by atoms with E-state index in [2.05, 4.69) is 50.2 Å². The molecule has 0 aliphatic heterocycles. The third kappa shape index (κ3) is 3.36. The van der Waals surface area contributed by atoms with E-state index in [9.17, 15) is 9.59 Å². The quantitative estimate of drug-likeness (QED) is 0.550. The molecule has 4 aliphatic rings. The lowest BCUT2D eigenvalue weighted by molar-refractivity contribution is -0.142. The van der Waals surface area contributed by atoms with Gasteiger partial charge in [0.2, 0.25) is 0 Å². The highest BCUT2D eigenvalue weighted by molar-refractivity contribution is 5.93. The fourth-order valence-electron chi connectivity index (χ4n) is 8.24. The minimum atomic E-state index is -0.414. The normalized spacial score (nSPS) is 34.8. The molecule has 5 atom stereocenters. The van der Waals surface area contributed by atoms with Crippen LogP contribution in [0.5, 0.6) is 0 Å². The van der Waals surface area contributed by atoms with Crippen molar-refractivity contribution in [3.63, 3.8) is 0 Å². The van der Waals surface area contributed by atoms with Gasteiger partial charge in [-0.25, -0.2) is 0 Å². The Balaban J connectivity index is 1.68. The number of hydrogen-bond acceptors (Lipinski definition) is 4. The van der Waals surface area contributed by atoms with Crippen LogP contribution in [0.2, 0.25) is 0 Å². The number of Topliss-reactive ketones (excluding diaryl/α,β-unsaturated/α-hetero) is 1. The lowest BCUT2D eigenvalue weighted by Crippen LogP contribution is -2.52. The predicted molar refractivity (Wildman–Crippen MR) is 136 cm³/mol. The van der Waals surface area contributed by atoms with Crippen molar-refractivity contribution in [2.24, 2.45) is 22.7 Å². The molecule has 4 heteroatoms. The Hall–Kier alpha value is -2.20. The molecule has 1 aromatic carbocycles. The van der Waals surface area contributed by atoms with Gasteiger partial charge in [0.1, 0.15) is 5.78 Å². The molecule has 0 N–H and O–H groups in total. The van der Waals surface area contributed by atoms with Gasteiger partial charge in [-0.2, -0.15) is 0 Å². The van der Waals surface area contributed by atoms with Crippen molar-refractivity contribution in [1.82, 2.24) is 0 Å². The number of carbonyl (C=O) groups is 2. The van der Waals surface area contributed by atoms with Crippen LogP contribution in [-0.4, -0.2) is 39.4 Å². The monoisotopic (exact) mass is 461 g/mol. The van der Waals surface area contributed by atoms with Crippen molar-refractivity contribution in [3.8, 4) is 0 Å². The number of ketones is 2. The first-order valence-electron chi connectivity index (χ1n) is 13.0. The van der Waals surface area contributed by atoms with E-state index in [4.69, 9.17) is 4.74 Å². The third-order valence-corrected chi connectivity index (χ3v) is 9.98. The summed E-state index contributed by atoms with van der Waals surface area (Å²) in [7, 11) is 5.89. The maximum Gasteiger partial charge on any atom is 0.156 e. The number of carbonyl (C=O) groups excluding carboxylic acids is 2. The first-order chi connectivity index (χ1) is 16.2. The maximum absolute atomic E-state index is 13.3. The highest BCUT2D eigenvalue weighted by Crippen LogP contribution is 2.69. The molecular formula is C30H39NO3. The molecule has 2 fully saturated rings. The Labute approximate surface area is 204 Å². The highest BCUT2D eigenvalue weighted by Gasteiger charge is 2.65. The maximum atomic E-state index is 13.3. The zero-order valence-corrected chi connectivity index (χ0v) is 21.4. The van der Waals surface area contributed by atoms with Crippen molar-refractivity contribution in [3.05, 3.63) is 52.6 Å². The van der Waals surface area contributed by atoms with Gasteiger partial charge in [0.15, 0.2) is 5.78 Å². The SMILES string of the molecule is COC[C@]1(C(C)=O)CC[C@H]2[C@@H]3CCC4=CC(=O)CCC4=C3[C@@H](c3ccc(N(C)C)cc3)C[C@@]21C. The summed E-state index contributed by atoms with van der Waals surface area (Å²) in [5, 5.41) is 0. The van der Waals surface area contributed by atoms with E-state index in [-0.39, 0.29) is 22.9 Å². The molecule has 0 saturated heterocycles. The molecule has 182 valence electrons. The van der Waals surface area contributed by atoms with E-state index in [1.54, 1.807) is 19.6 Å². The summed E-state index contributed by atoms with van der Waals surface area (Å²) in [4.78, 5) is 27.6. The van der Waals surface area contributed by atoms with Crippen molar-refractivity contribution in [1.29, 1.82) is 0 Å². The third-order valence-electron chi connectivity index (χ3n) is 9.98. The first-order valence-corrected chi connectivity index (χ1v) is 13.0. The number of fused-ring (bicyclic) bond motifs is 4. The Kier molecular flexibility index (Phi) is 5.87. The number of benzene rings is 1. The zero-order chi connectivity index (χ0) is 24.3. The van der Waals surface area contributed by atoms with E-state index < -0.39 is 5.41 Å². The summed E-state index contributed by atoms with van der Waals surface area (Å²) in [5.41, 5.74) is 6.37. The minimum absolute atomic E-state index is 0.0971. The Morgan fingerprint density at radius 2 is 1.85 bits per heavy atom. The van der Waals surface area contributed by atoms with Crippen LogP contribution < -0.4 is 4.90 Å². The standard InChI is InChI=1S/C30H39NO3/c1-19(32)30(18-34-5)15-14-27-25-12-8-21-16-23(33)11-13-24(21)28(25)26(17-29(27,30)2)20-6-9-22(10-7-20)31(3)4/h6-7,9-10,16,25-27H,8,11-15,17-18H2,1-5H3/t25-,26+,27-,29-,30-/m0/s1. The molecule has 1 aromatic rings. The molecule has 0 unspecified atom stereocenters. The van der Waals surface area contributed by atoms with Gasteiger partial charge in [-0.15, -0.1) is 0 Å². The highest BCUT2D eigenvalue weighted by atomic mass is 16.5. The topological polar surface area (TPSA) is 46.6 Å². The molecule has 4 aliphatic carbocycles. The number of rotatable bonds is 5. The molecule has 0 amide bonds. The fourth-order valence-corrected chi connectivity index (χ4v) is 8.24. The van der Waals surface area contributed by atoms with Crippen molar-refractivity contribution < 1.29 is 14.3 Å². The molecule has 0 aromatic heterocycles. The summed E-state index contributed by atoms with van der Waals surface area (Å²) in [6, 6.07) is 9.02. The number of anilines is 1. The van der Waals surface area contributed by atoms with Crippen LogP contribution in [0.3, 0.4) is 0 Å². The Morgan fingerprint density at radius 1 is 1.12 bits per heavy atom. The van der Waals surface area contributed by atoms with Gasteiger partial charge in [-0.05, 0) is 97.6 Å². The van der Waals surface area contributed by atoms with Crippen LogP contribution in [0, 0.1) is 22.7 Å². The number of nitrogens with zero attached hydrogens (tertiary/aromatic N) is 1. The van der Waals surface area contributed by atoms with E-state index >= 15 is 0 Å². The van der Waals surface area contributed by atoms with Gasteiger partial charge in [0, 0.05) is 39.2 Å². The summed E-state index contributed by atoms with van der Waals surface area (Å²) in [6.45, 7) is 4.69. The molecule has 2 saturated carbocycles. The molecule has 0 radical (unpaired) electrons. The van der Waals surface area contributed by atoms with Crippen LogP contribution in [0.15, 0.2) is 47.1 Å². The van der Waals surface area contributed by atoms with E-state index in [0.717, 1.165) is 38.5 Å². The number of hydrogen-bond donors (Lipinski definition) is 0. The predicted octanol–water partition coefficient (Wildman–Crippen LogP) is 5.87. The van der Waals surface area contributed by atoms with Gasteiger partial charge in [0.05, 0.1) is 12.0 Å². The first kappa shape index (κ1) is 23.5. The number of methoxy groups -OCH3 is 1. The smallest absolute Gasteiger partial charge is 0.156 e. The van der Waals surface area contributed by atoms with Gasteiger partial charge < -0.3 is 9.64 Å². The average molecular weight is 462 g/mol. The molecule has 34 heavy (non-hydrogen) atoms. The number of ether oxygens (including phenoxy) is 1. The summed E-state index contributed by atoms with van der Waals surface area (Å²) in [5.74, 6) is 1.82. The van der Waals surface area contributed by atoms with Gasteiger partial charge >= 0.3 is 0 Å². The Bertz CT molecular complexity index is 1070. The lowest BCUT2D eigenvalue weighted by atomic mass is 9.48. The average Bonchev–Trinajstić information content (AvgIpc) is 3.11. The van der Waals surface area contributed by atoms with Crippen LogP contribution in [-0.2, 0) is 14.3 Å². The second kappa shape index (κ2) is 8.48. The second-order valence-corrected chi connectivity index (χ2v) is 11.6. The molecule has 0 heterocycles. The van der Waals surface area contributed by atoms with Crippen LogP contribution in [0.4, 0.5) is 5.69 Å². The van der Waals surface area contributed by atoms with Crippen LogP contribution in [0.25, 0.3) is 0 Å². The van der Waals surface area contributed by atoms with Crippen molar-refractivity contribution in [2.75, 3.05) is 32.7 Å². The fraction of sp³-hybridized carbons (Fsp3) is 0.600. The Morgan fingerprint density at radius 3 is 2.50 bits per heavy atom. The van der Waals surface area contributed by atoms with Gasteiger partial charge in [0.25, 0.3) is 0 Å². The number of allylic oxidation sites excluding steroid dienone is 4. The van der Waals surface area contributed by atoms with Crippen molar-refractivity contribution >= 4 is 17.3 Å². The molecule has 0 spiro atoms. The van der Waals surface area contributed by atoms with Gasteiger partial charge in [-0.1, -0.05) is 24.6 Å². The zero-order valence-electron chi connectivity index (χ0n) is 21.4. The minimum Gasteiger partial charge on any atom is -0.384 e. The van der Waals surface area contributed by atoms with E-state index in [1.165, 1.54) is 22.4 Å². The summed E-state index contributed by atoms with van der Waals surface area (Å²) in [6.07, 6.45) is 8.50. The lowest BCUT2D eigenvalue weighted by Gasteiger charge is -2.55. The molecular weight excluding hydrogens is 422 g/mol. The molecule has 0 bridgehead atoms. The molecule has 5 rings (SSSR count). The summed E-state index contributed by atoms with van der Waals surface area (Å²) >= 11 is 0. The van der Waals surface area contributed by atoms with Crippen LogP contribution in [0.1, 0.15) is 70.3 Å². The van der Waals surface area contributed by atoms with Crippen molar-refractivity contribution in [2.45, 2.75) is 64.7 Å². The van der Waals surface area contributed by atoms with Crippen LogP contribution >= 0.6 is 0 Å². The largest absolute Gasteiger partial charge is 0.384 e.